The molecule has 0 amide bonds. The van der Waals surface area contributed by atoms with Crippen LogP contribution in [0.5, 0.6) is 5.88 Å². The van der Waals surface area contributed by atoms with E-state index in [-0.39, 0.29) is 5.88 Å². The molecule has 0 fully saturated rings. The number of rotatable bonds is 3. The SMILES string of the molecule is Cc1ccccc1-n1nc(CC(C)C)cc1O. The molecule has 3 nitrogen and oxygen atoms in total. The summed E-state index contributed by atoms with van der Waals surface area (Å²) in [7, 11) is 0. The van der Waals surface area contributed by atoms with E-state index in [1.165, 1.54) is 0 Å². The summed E-state index contributed by atoms with van der Waals surface area (Å²) in [6.07, 6.45) is 0.881. The van der Waals surface area contributed by atoms with E-state index in [4.69, 9.17) is 0 Å². The Morgan fingerprint density at radius 2 is 2.00 bits per heavy atom. The highest BCUT2D eigenvalue weighted by atomic mass is 16.3. The number of para-hydroxylation sites is 1. The summed E-state index contributed by atoms with van der Waals surface area (Å²) in [5, 5.41) is 14.4. The van der Waals surface area contributed by atoms with E-state index in [1.54, 1.807) is 10.7 Å². The first kappa shape index (κ1) is 11.7. The van der Waals surface area contributed by atoms with Crippen LogP contribution in [0, 0.1) is 12.8 Å². The Balaban J connectivity index is 2.40. The standard InChI is InChI=1S/C14H18N2O/c1-10(2)8-12-9-14(17)16(15-12)13-7-5-4-6-11(13)3/h4-7,9-10,17H,8H2,1-3H3. The molecule has 0 aliphatic carbocycles. The maximum absolute atomic E-state index is 9.92. The maximum atomic E-state index is 9.92. The predicted octanol–water partition coefficient (Wildman–Crippen LogP) is 3.08. The van der Waals surface area contributed by atoms with Gasteiger partial charge in [0, 0.05) is 6.07 Å². The van der Waals surface area contributed by atoms with Gasteiger partial charge in [-0.3, -0.25) is 0 Å². The zero-order valence-corrected chi connectivity index (χ0v) is 10.5. The van der Waals surface area contributed by atoms with E-state index in [0.29, 0.717) is 5.92 Å². The molecule has 0 aliphatic rings. The van der Waals surface area contributed by atoms with Crippen molar-refractivity contribution in [3.63, 3.8) is 0 Å². The number of aryl methyl sites for hydroxylation is 1. The molecule has 2 aromatic rings. The highest BCUT2D eigenvalue weighted by molar-refractivity contribution is 5.42. The summed E-state index contributed by atoms with van der Waals surface area (Å²) in [5.74, 6) is 0.740. The van der Waals surface area contributed by atoms with Crippen LogP contribution in [-0.4, -0.2) is 14.9 Å². The topological polar surface area (TPSA) is 38.0 Å². The fourth-order valence-electron chi connectivity index (χ4n) is 1.92. The van der Waals surface area contributed by atoms with E-state index in [9.17, 15) is 5.11 Å². The second-order valence-electron chi connectivity index (χ2n) is 4.79. The van der Waals surface area contributed by atoms with Crippen LogP contribution >= 0.6 is 0 Å². The van der Waals surface area contributed by atoms with Gasteiger partial charge >= 0.3 is 0 Å². The Morgan fingerprint density at radius 1 is 1.29 bits per heavy atom. The molecule has 1 N–H and O–H groups in total. The third-order valence-corrected chi connectivity index (χ3v) is 2.70. The number of aromatic nitrogens is 2. The first-order valence-corrected chi connectivity index (χ1v) is 5.92. The Bertz CT molecular complexity index is 515. The van der Waals surface area contributed by atoms with Crippen LogP contribution in [-0.2, 0) is 6.42 Å². The van der Waals surface area contributed by atoms with Crippen molar-refractivity contribution in [2.24, 2.45) is 5.92 Å². The van der Waals surface area contributed by atoms with Gasteiger partial charge < -0.3 is 5.11 Å². The molecule has 3 heteroatoms. The van der Waals surface area contributed by atoms with Crippen molar-refractivity contribution in [1.29, 1.82) is 0 Å². The smallest absolute Gasteiger partial charge is 0.214 e. The molecule has 1 aromatic carbocycles. The summed E-state index contributed by atoms with van der Waals surface area (Å²) in [5.41, 5.74) is 2.96. The van der Waals surface area contributed by atoms with Crippen LogP contribution in [0.2, 0.25) is 0 Å². The van der Waals surface area contributed by atoms with Gasteiger partial charge in [0.15, 0.2) is 0 Å². The molecular weight excluding hydrogens is 212 g/mol. The summed E-state index contributed by atoms with van der Waals surface area (Å²) < 4.78 is 1.60. The van der Waals surface area contributed by atoms with Gasteiger partial charge in [0.1, 0.15) is 0 Å². The van der Waals surface area contributed by atoms with Gasteiger partial charge in [0.05, 0.1) is 11.4 Å². The van der Waals surface area contributed by atoms with Gasteiger partial charge in [0.25, 0.3) is 0 Å². The van der Waals surface area contributed by atoms with E-state index in [0.717, 1.165) is 23.4 Å². The third-order valence-electron chi connectivity index (χ3n) is 2.70. The van der Waals surface area contributed by atoms with Crippen molar-refractivity contribution in [3.05, 3.63) is 41.6 Å². The fraction of sp³-hybridized carbons (Fsp3) is 0.357. The zero-order chi connectivity index (χ0) is 12.4. The summed E-state index contributed by atoms with van der Waals surface area (Å²) in [6.45, 7) is 6.30. The molecule has 0 atom stereocenters. The molecule has 0 saturated heterocycles. The van der Waals surface area contributed by atoms with Crippen molar-refractivity contribution in [1.82, 2.24) is 9.78 Å². The molecule has 0 unspecified atom stereocenters. The summed E-state index contributed by atoms with van der Waals surface area (Å²) in [4.78, 5) is 0. The number of benzene rings is 1. The fourth-order valence-corrected chi connectivity index (χ4v) is 1.92. The Kier molecular flexibility index (Phi) is 3.18. The van der Waals surface area contributed by atoms with Crippen molar-refractivity contribution < 1.29 is 5.11 Å². The average molecular weight is 230 g/mol. The van der Waals surface area contributed by atoms with Crippen molar-refractivity contribution in [3.8, 4) is 11.6 Å². The average Bonchev–Trinajstić information content (AvgIpc) is 2.59. The van der Waals surface area contributed by atoms with Crippen LogP contribution in [0.25, 0.3) is 5.69 Å². The normalized spacial score (nSPS) is 11.1. The van der Waals surface area contributed by atoms with Gasteiger partial charge in [-0.05, 0) is 30.9 Å². The number of hydrogen-bond acceptors (Lipinski definition) is 2. The predicted molar refractivity (Wildman–Crippen MR) is 68.5 cm³/mol. The largest absolute Gasteiger partial charge is 0.493 e. The lowest BCUT2D eigenvalue weighted by Gasteiger charge is -2.06. The maximum Gasteiger partial charge on any atom is 0.214 e. The molecule has 0 saturated carbocycles. The van der Waals surface area contributed by atoms with Gasteiger partial charge in [-0.1, -0.05) is 32.0 Å². The quantitative estimate of drug-likeness (QED) is 0.880. The van der Waals surface area contributed by atoms with Gasteiger partial charge in [-0.25, -0.2) is 4.68 Å². The first-order valence-electron chi connectivity index (χ1n) is 5.92. The van der Waals surface area contributed by atoms with Crippen molar-refractivity contribution in [2.75, 3.05) is 0 Å². The molecule has 0 aliphatic heterocycles. The number of hydrogen-bond donors (Lipinski definition) is 1. The van der Waals surface area contributed by atoms with Crippen LogP contribution in [0.15, 0.2) is 30.3 Å². The highest BCUT2D eigenvalue weighted by Crippen LogP contribution is 2.21. The second kappa shape index (κ2) is 4.62. The number of nitrogens with zero attached hydrogens (tertiary/aromatic N) is 2. The van der Waals surface area contributed by atoms with Crippen LogP contribution in [0.4, 0.5) is 0 Å². The molecule has 0 spiro atoms. The lowest BCUT2D eigenvalue weighted by Crippen LogP contribution is -2.01. The molecule has 1 aromatic heterocycles. The molecule has 0 radical (unpaired) electrons. The Morgan fingerprint density at radius 3 is 2.65 bits per heavy atom. The van der Waals surface area contributed by atoms with Gasteiger partial charge in [0.2, 0.25) is 5.88 Å². The Hall–Kier alpha value is -1.77. The molecule has 90 valence electrons. The minimum atomic E-state index is 0.204. The van der Waals surface area contributed by atoms with E-state index in [2.05, 4.69) is 18.9 Å². The first-order chi connectivity index (χ1) is 8.08. The van der Waals surface area contributed by atoms with E-state index < -0.39 is 0 Å². The van der Waals surface area contributed by atoms with Crippen molar-refractivity contribution in [2.45, 2.75) is 27.2 Å². The molecule has 17 heavy (non-hydrogen) atoms. The van der Waals surface area contributed by atoms with Gasteiger partial charge in [-0.2, -0.15) is 5.10 Å². The Labute approximate surface area is 102 Å². The van der Waals surface area contributed by atoms with Crippen LogP contribution < -0.4 is 0 Å². The summed E-state index contributed by atoms with van der Waals surface area (Å²) >= 11 is 0. The zero-order valence-electron chi connectivity index (χ0n) is 10.5. The molecular formula is C14H18N2O. The summed E-state index contributed by atoms with van der Waals surface area (Å²) in [6, 6.07) is 9.65. The van der Waals surface area contributed by atoms with E-state index in [1.807, 2.05) is 31.2 Å². The molecule has 1 heterocycles. The van der Waals surface area contributed by atoms with Crippen LogP contribution in [0.1, 0.15) is 25.1 Å². The third kappa shape index (κ3) is 2.49. The lowest BCUT2D eigenvalue weighted by atomic mass is 10.1. The van der Waals surface area contributed by atoms with Crippen LogP contribution in [0.3, 0.4) is 0 Å². The monoisotopic (exact) mass is 230 g/mol. The molecule has 2 rings (SSSR count). The molecule has 0 bridgehead atoms. The second-order valence-corrected chi connectivity index (χ2v) is 4.79. The van der Waals surface area contributed by atoms with Crippen molar-refractivity contribution >= 4 is 0 Å². The minimum Gasteiger partial charge on any atom is -0.493 e. The lowest BCUT2D eigenvalue weighted by molar-refractivity contribution is 0.433. The minimum absolute atomic E-state index is 0.204. The van der Waals surface area contributed by atoms with Gasteiger partial charge in [-0.15, -0.1) is 0 Å². The number of aromatic hydroxyl groups is 1. The highest BCUT2D eigenvalue weighted by Gasteiger charge is 2.10. The van der Waals surface area contributed by atoms with E-state index >= 15 is 0 Å².